The number of ether oxygens (including phenoxy) is 1. The first kappa shape index (κ1) is 15.8. The number of nitrogens with zero attached hydrogens (tertiary/aromatic N) is 2. The fourth-order valence-corrected chi connectivity index (χ4v) is 3.06. The van der Waals surface area contributed by atoms with E-state index in [2.05, 4.69) is 0 Å². The lowest BCUT2D eigenvalue weighted by molar-refractivity contribution is -0.131. The highest BCUT2D eigenvalue weighted by Crippen LogP contribution is 2.34. The van der Waals surface area contributed by atoms with E-state index in [0.29, 0.717) is 11.4 Å². The van der Waals surface area contributed by atoms with Gasteiger partial charge in [-0.05, 0) is 37.0 Å². The van der Waals surface area contributed by atoms with Crippen LogP contribution in [0.15, 0.2) is 18.2 Å². The first-order valence-electron chi connectivity index (χ1n) is 8.20. The third-order valence-corrected chi connectivity index (χ3v) is 4.55. The standard InChI is InChI=1S/C17H23N3O3/c1-2-13(18)12-5-6-15-14(9-12)20(17(22)11-23-15)10-16(21)19-7-3-4-8-19/h5-6,9,13H,2-4,7-8,10-11,18H2,1H3. The molecule has 1 unspecified atom stereocenters. The number of amides is 2. The third-order valence-electron chi connectivity index (χ3n) is 4.55. The molecule has 0 radical (unpaired) electrons. The van der Waals surface area contributed by atoms with Crippen LogP contribution in [0.25, 0.3) is 0 Å². The molecular formula is C17H23N3O3. The Balaban J connectivity index is 1.85. The second-order valence-electron chi connectivity index (χ2n) is 6.10. The van der Waals surface area contributed by atoms with Crippen LogP contribution >= 0.6 is 0 Å². The number of benzene rings is 1. The molecule has 2 heterocycles. The lowest BCUT2D eigenvalue weighted by atomic mass is 10.0. The van der Waals surface area contributed by atoms with Crippen molar-refractivity contribution in [2.24, 2.45) is 5.73 Å². The van der Waals surface area contributed by atoms with Gasteiger partial charge in [0.1, 0.15) is 12.3 Å². The van der Waals surface area contributed by atoms with E-state index in [1.54, 1.807) is 0 Å². The summed E-state index contributed by atoms with van der Waals surface area (Å²) in [6, 6.07) is 5.54. The molecule has 124 valence electrons. The number of hydrogen-bond donors (Lipinski definition) is 1. The largest absolute Gasteiger partial charge is 0.482 e. The molecule has 1 fully saturated rings. The molecule has 1 atom stereocenters. The smallest absolute Gasteiger partial charge is 0.265 e. The van der Waals surface area contributed by atoms with Crippen molar-refractivity contribution in [3.63, 3.8) is 0 Å². The predicted octanol–water partition coefficient (Wildman–Crippen LogP) is 1.44. The summed E-state index contributed by atoms with van der Waals surface area (Å²) in [5, 5.41) is 0. The second kappa shape index (κ2) is 6.58. The number of fused-ring (bicyclic) bond motifs is 1. The van der Waals surface area contributed by atoms with Crippen molar-refractivity contribution >= 4 is 17.5 Å². The molecule has 1 saturated heterocycles. The summed E-state index contributed by atoms with van der Waals surface area (Å²) in [6.45, 7) is 3.62. The normalized spacial score (nSPS) is 18.6. The van der Waals surface area contributed by atoms with Crippen LogP contribution < -0.4 is 15.4 Å². The molecule has 1 aromatic rings. The fourth-order valence-electron chi connectivity index (χ4n) is 3.06. The van der Waals surface area contributed by atoms with Crippen molar-refractivity contribution < 1.29 is 14.3 Å². The zero-order valence-electron chi connectivity index (χ0n) is 13.5. The molecule has 0 aromatic heterocycles. The Morgan fingerprint density at radius 2 is 2.09 bits per heavy atom. The van der Waals surface area contributed by atoms with E-state index in [0.717, 1.165) is 37.9 Å². The number of likely N-dealkylation sites (tertiary alicyclic amines) is 1. The average Bonchev–Trinajstić information content (AvgIpc) is 3.11. The Bertz CT molecular complexity index is 611. The molecule has 6 nitrogen and oxygen atoms in total. The molecule has 23 heavy (non-hydrogen) atoms. The topological polar surface area (TPSA) is 75.9 Å². The summed E-state index contributed by atoms with van der Waals surface area (Å²) in [4.78, 5) is 28.0. The average molecular weight is 317 g/mol. The Labute approximate surface area is 136 Å². The van der Waals surface area contributed by atoms with E-state index in [4.69, 9.17) is 10.5 Å². The van der Waals surface area contributed by atoms with Gasteiger partial charge in [-0.1, -0.05) is 13.0 Å². The van der Waals surface area contributed by atoms with Crippen molar-refractivity contribution in [3.05, 3.63) is 23.8 Å². The minimum atomic E-state index is -0.188. The quantitative estimate of drug-likeness (QED) is 0.912. The van der Waals surface area contributed by atoms with E-state index in [1.807, 2.05) is 30.0 Å². The van der Waals surface area contributed by atoms with Crippen LogP contribution in [0, 0.1) is 0 Å². The maximum Gasteiger partial charge on any atom is 0.265 e. The van der Waals surface area contributed by atoms with Crippen molar-refractivity contribution in [1.82, 2.24) is 4.90 Å². The van der Waals surface area contributed by atoms with Gasteiger partial charge in [0, 0.05) is 19.1 Å². The van der Waals surface area contributed by atoms with E-state index in [9.17, 15) is 9.59 Å². The van der Waals surface area contributed by atoms with Crippen LogP contribution in [0.4, 0.5) is 5.69 Å². The summed E-state index contributed by atoms with van der Waals surface area (Å²) < 4.78 is 5.48. The highest BCUT2D eigenvalue weighted by molar-refractivity contribution is 6.02. The Morgan fingerprint density at radius 1 is 1.35 bits per heavy atom. The molecule has 6 heteroatoms. The summed E-state index contributed by atoms with van der Waals surface area (Å²) in [6.07, 6.45) is 2.88. The maximum absolute atomic E-state index is 12.4. The SMILES string of the molecule is CCC(N)c1ccc2c(c1)N(CC(=O)N1CCCC1)C(=O)CO2. The minimum absolute atomic E-state index is 0.00565. The van der Waals surface area contributed by atoms with E-state index < -0.39 is 0 Å². The second-order valence-corrected chi connectivity index (χ2v) is 6.10. The molecule has 2 amide bonds. The van der Waals surface area contributed by atoms with Crippen molar-refractivity contribution in [2.45, 2.75) is 32.2 Å². The molecule has 2 aliphatic heterocycles. The number of carbonyl (C=O) groups excluding carboxylic acids is 2. The zero-order valence-corrected chi connectivity index (χ0v) is 13.5. The van der Waals surface area contributed by atoms with Gasteiger partial charge in [0.2, 0.25) is 5.91 Å². The molecule has 0 bridgehead atoms. The molecule has 2 aliphatic rings. The van der Waals surface area contributed by atoms with Crippen LogP contribution in [0.2, 0.25) is 0 Å². The molecule has 0 spiro atoms. The molecule has 1 aromatic carbocycles. The molecule has 0 aliphatic carbocycles. The Kier molecular flexibility index (Phi) is 4.52. The molecule has 2 N–H and O–H groups in total. The first-order chi connectivity index (χ1) is 11.1. The van der Waals surface area contributed by atoms with Crippen LogP contribution in [0.3, 0.4) is 0 Å². The summed E-state index contributed by atoms with van der Waals surface area (Å²) in [5.74, 6) is 0.437. The van der Waals surface area contributed by atoms with E-state index in [-0.39, 0.29) is 31.0 Å². The zero-order chi connectivity index (χ0) is 16.4. The number of rotatable bonds is 4. The summed E-state index contributed by atoms with van der Waals surface area (Å²) >= 11 is 0. The summed E-state index contributed by atoms with van der Waals surface area (Å²) in [5.41, 5.74) is 7.68. The van der Waals surface area contributed by atoms with Gasteiger partial charge in [0.15, 0.2) is 6.61 Å². The Morgan fingerprint density at radius 3 is 2.78 bits per heavy atom. The van der Waals surface area contributed by atoms with Gasteiger partial charge in [-0.2, -0.15) is 0 Å². The Hall–Kier alpha value is -2.08. The molecule has 3 rings (SSSR count). The van der Waals surface area contributed by atoms with E-state index >= 15 is 0 Å². The highest BCUT2D eigenvalue weighted by Gasteiger charge is 2.30. The van der Waals surface area contributed by atoms with Crippen LogP contribution in [0.1, 0.15) is 37.8 Å². The number of anilines is 1. The molecule has 0 saturated carbocycles. The number of carbonyl (C=O) groups is 2. The third kappa shape index (κ3) is 3.17. The van der Waals surface area contributed by atoms with Crippen molar-refractivity contribution in [2.75, 3.05) is 31.1 Å². The predicted molar refractivity (Wildman–Crippen MR) is 87.3 cm³/mol. The van der Waals surface area contributed by atoms with Gasteiger partial charge < -0.3 is 15.4 Å². The highest BCUT2D eigenvalue weighted by atomic mass is 16.5. The fraction of sp³-hybridized carbons (Fsp3) is 0.529. The van der Waals surface area contributed by atoms with Crippen molar-refractivity contribution in [3.8, 4) is 5.75 Å². The van der Waals surface area contributed by atoms with Gasteiger partial charge in [-0.25, -0.2) is 0 Å². The first-order valence-corrected chi connectivity index (χ1v) is 8.20. The minimum Gasteiger partial charge on any atom is -0.482 e. The lowest BCUT2D eigenvalue weighted by Gasteiger charge is -2.31. The monoisotopic (exact) mass is 317 g/mol. The number of hydrogen-bond acceptors (Lipinski definition) is 4. The van der Waals surface area contributed by atoms with Gasteiger partial charge in [0.05, 0.1) is 5.69 Å². The lowest BCUT2D eigenvalue weighted by Crippen LogP contribution is -2.45. The summed E-state index contributed by atoms with van der Waals surface area (Å²) in [7, 11) is 0. The molecular weight excluding hydrogens is 294 g/mol. The number of nitrogens with two attached hydrogens (primary N) is 1. The van der Waals surface area contributed by atoms with Crippen molar-refractivity contribution in [1.29, 1.82) is 0 Å². The maximum atomic E-state index is 12.4. The van der Waals surface area contributed by atoms with Gasteiger partial charge in [-0.3, -0.25) is 14.5 Å². The van der Waals surface area contributed by atoms with Gasteiger partial charge in [0.25, 0.3) is 5.91 Å². The van der Waals surface area contributed by atoms with Gasteiger partial charge >= 0.3 is 0 Å². The van der Waals surface area contributed by atoms with Gasteiger partial charge in [-0.15, -0.1) is 0 Å². The van der Waals surface area contributed by atoms with Crippen LogP contribution in [-0.2, 0) is 9.59 Å². The van der Waals surface area contributed by atoms with Crippen LogP contribution in [0.5, 0.6) is 5.75 Å². The van der Waals surface area contributed by atoms with Crippen LogP contribution in [-0.4, -0.2) is 43.0 Å². The van der Waals surface area contributed by atoms with E-state index in [1.165, 1.54) is 4.90 Å².